The predicted octanol–water partition coefficient (Wildman–Crippen LogP) is 10.2. The van der Waals surface area contributed by atoms with Crippen LogP contribution in [-0.4, -0.2) is 4.57 Å². The van der Waals surface area contributed by atoms with Gasteiger partial charge in [0.05, 0.1) is 40.0 Å². The molecule has 8 aromatic rings. The van der Waals surface area contributed by atoms with Crippen LogP contribution in [0.3, 0.4) is 0 Å². The molecule has 8 rings (SSSR count). The number of rotatable bonds is 3. The molecule has 0 bridgehead atoms. The summed E-state index contributed by atoms with van der Waals surface area (Å²) in [6.07, 6.45) is 0. The van der Waals surface area contributed by atoms with Crippen molar-refractivity contribution in [2.24, 2.45) is 0 Å². The predicted molar refractivity (Wildman–Crippen MR) is 176 cm³/mol. The molecule has 0 saturated carbocycles. The third kappa shape index (κ3) is 3.60. The molecule has 0 radical (unpaired) electrons. The van der Waals surface area contributed by atoms with Gasteiger partial charge in [-0.25, -0.2) is 0 Å². The number of fused-ring (bicyclic) bond motifs is 5. The Balaban J connectivity index is 1.60. The summed E-state index contributed by atoms with van der Waals surface area (Å²) in [6, 6.07) is 52.5. The van der Waals surface area contributed by atoms with E-state index in [1.807, 2.05) is 12.1 Å². The fourth-order valence-electron chi connectivity index (χ4n) is 6.74. The van der Waals surface area contributed by atoms with Crippen LogP contribution in [0.4, 0.5) is 0 Å². The van der Waals surface area contributed by atoms with Crippen LogP contribution in [0, 0.1) is 22.7 Å². The van der Waals surface area contributed by atoms with Gasteiger partial charge in [-0.05, 0) is 46.2 Å². The monoisotopic (exact) mass is 545 g/mol. The Morgan fingerprint density at radius 2 is 0.930 bits per heavy atom. The lowest BCUT2D eigenvalue weighted by Gasteiger charge is -2.20. The van der Waals surface area contributed by atoms with Gasteiger partial charge in [-0.1, -0.05) is 115 Å². The molecule has 198 valence electrons. The molecule has 0 aliphatic rings. The lowest BCUT2D eigenvalue weighted by atomic mass is 9.86. The number of nitriles is 2. The lowest BCUT2D eigenvalue weighted by molar-refractivity contribution is 1.21. The Bertz CT molecular complexity index is 2380. The standard InChI is InChI=1S/C40H23N3/c41-24-27-14-10-15-28(25-42)37(27)39-30-16-4-6-18-32(30)40(33-19-7-5-17-31(33)39)43-35-22-9-8-20-34(35)38-29(21-11-23-36(38)43)26-12-2-1-3-13-26/h1-23H. The van der Waals surface area contributed by atoms with E-state index < -0.39 is 0 Å². The van der Waals surface area contributed by atoms with Gasteiger partial charge in [0.1, 0.15) is 0 Å². The lowest BCUT2D eigenvalue weighted by Crippen LogP contribution is -2.00. The fraction of sp³-hybridized carbons (Fsp3) is 0. The van der Waals surface area contributed by atoms with E-state index in [9.17, 15) is 10.5 Å². The van der Waals surface area contributed by atoms with E-state index >= 15 is 0 Å². The molecule has 0 unspecified atom stereocenters. The van der Waals surface area contributed by atoms with Crippen molar-refractivity contribution < 1.29 is 0 Å². The average Bonchev–Trinajstić information content (AvgIpc) is 3.41. The molecule has 3 nitrogen and oxygen atoms in total. The van der Waals surface area contributed by atoms with Gasteiger partial charge in [-0.15, -0.1) is 0 Å². The second-order valence-corrected chi connectivity index (χ2v) is 10.7. The highest BCUT2D eigenvalue weighted by atomic mass is 15.0. The van der Waals surface area contributed by atoms with Crippen LogP contribution in [0.5, 0.6) is 0 Å². The topological polar surface area (TPSA) is 52.5 Å². The molecule has 0 fully saturated rings. The Morgan fingerprint density at radius 1 is 0.419 bits per heavy atom. The molecule has 1 heterocycles. The summed E-state index contributed by atoms with van der Waals surface area (Å²) in [4.78, 5) is 0. The first-order valence-electron chi connectivity index (χ1n) is 14.2. The van der Waals surface area contributed by atoms with Crippen LogP contribution in [0.25, 0.3) is 71.3 Å². The maximum absolute atomic E-state index is 10.1. The summed E-state index contributed by atoms with van der Waals surface area (Å²) in [7, 11) is 0. The SMILES string of the molecule is N#Cc1cccc(C#N)c1-c1c2ccccc2c(-n2c3ccccc3c3c(-c4ccccc4)cccc32)c2ccccc12. The van der Waals surface area contributed by atoms with Gasteiger partial charge in [0.2, 0.25) is 0 Å². The van der Waals surface area contributed by atoms with Crippen molar-refractivity contribution in [1.29, 1.82) is 10.5 Å². The van der Waals surface area contributed by atoms with E-state index in [2.05, 4.69) is 126 Å². The number of hydrogen-bond donors (Lipinski definition) is 0. The number of benzene rings is 7. The van der Waals surface area contributed by atoms with Crippen molar-refractivity contribution in [3.05, 3.63) is 151 Å². The Morgan fingerprint density at radius 3 is 1.56 bits per heavy atom. The fourth-order valence-corrected chi connectivity index (χ4v) is 6.74. The molecule has 3 heteroatoms. The molecule has 0 aliphatic heterocycles. The van der Waals surface area contributed by atoms with E-state index in [-0.39, 0.29) is 0 Å². The highest BCUT2D eigenvalue weighted by Crippen LogP contribution is 2.46. The molecule has 43 heavy (non-hydrogen) atoms. The van der Waals surface area contributed by atoms with Crippen molar-refractivity contribution in [2.45, 2.75) is 0 Å². The van der Waals surface area contributed by atoms with E-state index in [4.69, 9.17) is 0 Å². The van der Waals surface area contributed by atoms with Gasteiger partial charge in [-0.3, -0.25) is 0 Å². The van der Waals surface area contributed by atoms with Crippen molar-refractivity contribution in [3.63, 3.8) is 0 Å². The molecule has 7 aromatic carbocycles. The minimum Gasteiger partial charge on any atom is -0.308 e. The third-order valence-corrected chi connectivity index (χ3v) is 8.46. The molecule has 0 amide bonds. The second kappa shape index (κ2) is 9.74. The molecule has 0 atom stereocenters. The van der Waals surface area contributed by atoms with Gasteiger partial charge >= 0.3 is 0 Å². The summed E-state index contributed by atoms with van der Waals surface area (Å²) in [5, 5.41) is 26.8. The van der Waals surface area contributed by atoms with Gasteiger partial charge in [0.15, 0.2) is 0 Å². The zero-order valence-electron chi connectivity index (χ0n) is 23.1. The summed E-state index contributed by atoms with van der Waals surface area (Å²) >= 11 is 0. The first-order chi connectivity index (χ1) is 21.3. The van der Waals surface area contributed by atoms with Gasteiger partial charge in [-0.2, -0.15) is 10.5 Å². The minimum absolute atomic E-state index is 0.492. The van der Waals surface area contributed by atoms with Gasteiger partial charge in [0, 0.05) is 32.7 Å². The highest BCUT2D eigenvalue weighted by molar-refractivity contribution is 6.22. The smallest absolute Gasteiger partial charge is 0.0998 e. The molecule has 0 spiro atoms. The zero-order chi connectivity index (χ0) is 28.9. The van der Waals surface area contributed by atoms with E-state index in [0.29, 0.717) is 16.7 Å². The summed E-state index contributed by atoms with van der Waals surface area (Å²) in [5.41, 5.74) is 8.28. The van der Waals surface area contributed by atoms with Crippen molar-refractivity contribution in [2.75, 3.05) is 0 Å². The molecular weight excluding hydrogens is 522 g/mol. The second-order valence-electron chi connectivity index (χ2n) is 10.7. The van der Waals surface area contributed by atoms with Gasteiger partial charge in [0.25, 0.3) is 0 Å². The first kappa shape index (κ1) is 24.6. The van der Waals surface area contributed by atoms with Crippen LogP contribution in [0.2, 0.25) is 0 Å². The largest absolute Gasteiger partial charge is 0.308 e. The normalized spacial score (nSPS) is 11.2. The average molecular weight is 546 g/mol. The van der Waals surface area contributed by atoms with Crippen LogP contribution in [-0.2, 0) is 0 Å². The maximum atomic E-state index is 10.1. The van der Waals surface area contributed by atoms with E-state index in [0.717, 1.165) is 43.8 Å². The quantitative estimate of drug-likeness (QED) is 0.207. The molecule has 0 N–H and O–H groups in total. The zero-order valence-corrected chi connectivity index (χ0v) is 23.1. The maximum Gasteiger partial charge on any atom is 0.0998 e. The minimum atomic E-state index is 0.492. The third-order valence-electron chi connectivity index (χ3n) is 8.46. The van der Waals surface area contributed by atoms with Crippen LogP contribution in [0.15, 0.2) is 140 Å². The molecule has 1 aromatic heterocycles. The van der Waals surface area contributed by atoms with E-state index in [1.54, 1.807) is 18.2 Å². The van der Waals surface area contributed by atoms with Gasteiger partial charge < -0.3 is 4.57 Å². The Labute approximate surface area is 248 Å². The van der Waals surface area contributed by atoms with Crippen molar-refractivity contribution in [1.82, 2.24) is 4.57 Å². The molecule has 0 saturated heterocycles. The van der Waals surface area contributed by atoms with Crippen molar-refractivity contribution >= 4 is 43.4 Å². The summed E-state index contributed by atoms with van der Waals surface area (Å²) < 4.78 is 2.40. The Hall–Kier alpha value is -6.16. The van der Waals surface area contributed by atoms with Crippen LogP contribution < -0.4 is 0 Å². The first-order valence-corrected chi connectivity index (χ1v) is 14.2. The Kier molecular flexibility index (Phi) is 5.58. The highest BCUT2D eigenvalue weighted by Gasteiger charge is 2.23. The molecular formula is C40H23N3. The van der Waals surface area contributed by atoms with E-state index in [1.165, 1.54) is 21.9 Å². The van der Waals surface area contributed by atoms with Crippen LogP contribution >= 0.6 is 0 Å². The molecule has 0 aliphatic carbocycles. The number of para-hydroxylation sites is 1. The number of nitrogens with zero attached hydrogens (tertiary/aromatic N) is 3. The summed E-state index contributed by atoms with van der Waals surface area (Å²) in [5.74, 6) is 0. The van der Waals surface area contributed by atoms with Crippen molar-refractivity contribution in [3.8, 4) is 40.1 Å². The van der Waals surface area contributed by atoms with Crippen LogP contribution in [0.1, 0.15) is 11.1 Å². The number of hydrogen-bond acceptors (Lipinski definition) is 2. The summed E-state index contributed by atoms with van der Waals surface area (Å²) in [6.45, 7) is 0. The number of aromatic nitrogens is 1.